The van der Waals surface area contributed by atoms with Crippen LogP contribution in [-0.2, 0) is 5.41 Å². The molecule has 5 nitrogen and oxygen atoms in total. The summed E-state index contributed by atoms with van der Waals surface area (Å²) in [5, 5.41) is 4.22. The summed E-state index contributed by atoms with van der Waals surface area (Å²) in [6.45, 7) is 4.60. The molecule has 0 amide bonds. The Morgan fingerprint density at radius 3 is 2.09 bits per heavy atom. The van der Waals surface area contributed by atoms with E-state index in [1.807, 2.05) is 48.5 Å². The van der Waals surface area contributed by atoms with Gasteiger partial charge in [-0.25, -0.2) is 15.0 Å². The number of hydrogen-bond donors (Lipinski definition) is 0. The summed E-state index contributed by atoms with van der Waals surface area (Å²) in [5.41, 5.74) is 10.7. The van der Waals surface area contributed by atoms with Crippen molar-refractivity contribution in [1.29, 1.82) is 0 Å². The van der Waals surface area contributed by atoms with Crippen molar-refractivity contribution in [2.45, 2.75) is 19.3 Å². The Bertz CT molecular complexity index is 3360. The average Bonchev–Trinajstić information content (AvgIpc) is 3.86. The predicted octanol–water partition coefficient (Wildman–Crippen LogP) is 12.2. The van der Waals surface area contributed by atoms with E-state index in [4.69, 9.17) is 21.2 Å². The maximum atomic E-state index is 8.67. The van der Waals surface area contributed by atoms with E-state index in [2.05, 4.69) is 102 Å². The summed E-state index contributed by atoms with van der Waals surface area (Å²) in [4.78, 5) is 14.2. The highest BCUT2D eigenvalue weighted by molar-refractivity contribution is 6.14. The molecule has 3 aromatic heterocycles. The van der Waals surface area contributed by atoms with Gasteiger partial charge in [-0.2, -0.15) is 0 Å². The van der Waals surface area contributed by atoms with Crippen LogP contribution >= 0.6 is 0 Å². The molecule has 0 N–H and O–H groups in total. The van der Waals surface area contributed by atoms with Crippen molar-refractivity contribution < 1.29 is 11.3 Å². The smallest absolute Gasteiger partial charge is 0.164 e. The Kier molecular flexibility index (Phi) is 5.26. The number of nitrogens with zero attached hydrogens (tertiary/aromatic N) is 4. The third kappa shape index (κ3) is 4.40. The van der Waals surface area contributed by atoms with Crippen LogP contribution in [0.2, 0.25) is 0 Å². The quantitative estimate of drug-likeness (QED) is 0.185. The van der Waals surface area contributed by atoms with Crippen LogP contribution in [0.1, 0.15) is 31.8 Å². The molecule has 10 aromatic rings. The van der Waals surface area contributed by atoms with Crippen LogP contribution in [0.3, 0.4) is 0 Å². The summed E-state index contributed by atoms with van der Waals surface area (Å²) in [6, 6.07) is 41.2. The number of benzene rings is 7. The standard InChI is InChI=1S/C48H32N4O/c1-48(2)38-21-11-9-18-32(38)36-27-37-33-19-10-12-22-40(33)52(42(37)28-39(36)48)41-23-13-20-35-34-25-24-31(26-43(34)53-44(35)41)47-50-45(29-14-5-3-6-15-29)49-46(51-47)30-16-7-4-8-17-30/h3-28H,1-2H3/i3D,5D,6D,14D,15D. The zero-order chi connectivity index (χ0) is 39.6. The summed E-state index contributed by atoms with van der Waals surface area (Å²) < 4.78 is 51.2. The molecule has 3 heterocycles. The second-order valence-corrected chi connectivity index (χ2v) is 14.1. The Balaban J connectivity index is 1.12. The number of aromatic nitrogens is 4. The van der Waals surface area contributed by atoms with E-state index in [1.54, 1.807) is 0 Å². The van der Waals surface area contributed by atoms with Crippen LogP contribution in [0.5, 0.6) is 0 Å². The first-order valence-electron chi connectivity index (χ1n) is 20.1. The molecule has 11 rings (SSSR count). The SMILES string of the molecule is [2H]c1c([2H])c([2H])c(-c2nc(-c3ccccc3)nc(-c3ccc4c(c3)oc3c(-n5c6ccccc6c6cc7c(cc65)C(C)(C)c5ccccc5-7)cccc34)n2)c([2H])c1[2H]. The van der Waals surface area contributed by atoms with E-state index < -0.39 is 18.1 Å². The Hall–Kier alpha value is -6.85. The maximum absolute atomic E-state index is 8.67. The van der Waals surface area contributed by atoms with Crippen LogP contribution in [0, 0.1) is 0 Å². The van der Waals surface area contributed by atoms with Gasteiger partial charge in [0.25, 0.3) is 0 Å². The minimum atomic E-state index is -0.481. The van der Waals surface area contributed by atoms with Crippen LogP contribution in [0.15, 0.2) is 162 Å². The van der Waals surface area contributed by atoms with Crippen molar-refractivity contribution in [1.82, 2.24) is 19.5 Å². The summed E-state index contributed by atoms with van der Waals surface area (Å²) >= 11 is 0. The van der Waals surface area contributed by atoms with Gasteiger partial charge in [-0.3, -0.25) is 0 Å². The minimum Gasteiger partial charge on any atom is -0.454 e. The number of hydrogen-bond acceptors (Lipinski definition) is 4. The van der Waals surface area contributed by atoms with Crippen LogP contribution < -0.4 is 0 Å². The monoisotopic (exact) mass is 685 g/mol. The highest BCUT2D eigenvalue weighted by atomic mass is 16.3. The van der Waals surface area contributed by atoms with Gasteiger partial charge in [0.2, 0.25) is 0 Å². The third-order valence-corrected chi connectivity index (χ3v) is 10.7. The molecule has 5 heteroatoms. The fourth-order valence-corrected chi connectivity index (χ4v) is 8.22. The van der Waals surface area contributed by atoms with Crippen molar-refractivity contribution >= 4 is 43.7 Å². The second kappa shape index (κ2) is 11.1. The lowest BCUT2D eigenvalue weighted by Crippen LogP contribution is -2.14. The molecule has 0 saturated carbocycles. The first-order valence-corrected chi connectivity index (χ1v) is 17.6. The molecule has 0 fully saturated rings. The summed E-state index contributed by atoms with van der Waals surface area (Å²) in [7, 11) is 0. The van der Waals surface area contributed by atoms with Crippen molar-refractivity contribution in [3.05, 3.63) is 169 Å². The molecule has 1 aliphatic rings. The van der Waals surface area contributed by atoms with Crippen LogP contribution in [-0.4, -0.2) is 19.5 Å². The van der Waals surface area contributed by atoms with E-state index in [0.29, 0.717) is 22.5 Å². The van der Waals surface area contributed by atoms with Gasteiger partial charge in [0.05, 0.1) is 23.6 Å². The van der Waals surface area contributed by atoms with E-state index in [-0.39, 0.29) is 34.7 Å². The zero-order valence-corrected chi connectivity index (χ0v) is 28.8. The lowest BCUT2D eigenvalue weighted by Gasteiger charge is -2.21. The molecule has 250 valence electrons. The van der Waals surface area contributed by atoms with Crippen LogP contribution in [0.25, 0.3) is 94.7 Å². The lowest BCUT2D eigenvalue weighted by atomic mass is 9.82. The molecular weight excluding hydrogens is 649 g/mol. The number of fused-ring (bicyclic) bond motifs is 9. The van der Waals surface area contributed by atoms with E-state index >= 15 is 0 Å². The van der Waals surface area contributed by atoms with Crippen molar-refractivity contribution in [2.75, 3.05) is 0 Å². The predicted molar refractivity (Wildman–Crippen MR) is 215 cm³/mol. The zero-order valence-electron chi connectivity index (χ0n) is 33.8. The van der Waals surface area contributed by atoms with Gasteiger partial charge in [-0.1, -0.05) is 135 Å². The van der Waals surface area contributed by atoms with Gasteiger partial charge in [-0.15, -0.1) is 0 Å². The fourth-order valence-electron chi connectivity index (χ4n) is 8.22. The number of rotatable bonds is 4. The van der Waals surface area contributed by atoms with Gasteiger partial charge in [-0.05, 0) is 58.7 Å². The highest BCUT2D eigenvalue weighted by Gasteiger charge is 2.36. The summed E-state index contributed by atoms with van der Waals surface area (Å²) in [5.74, 6) is 0.568. The minimum absolute atomic E-state index is 0.0167. The number of furan rings is 1. The highest BCUT2D eigenvalue weighted by Crippen LogP contribution is 2.51. The first kappa shape index (κ1) is 25.2. The number of para-hydroxylation sites is 2. The molecule has 0 bridgehead atoms. The Morgan fingerprint density at radius 2 is 1.25 bits per heavy atom. The maximum Gasteiger partial charge on any atom is 0.164 e. The molecule has 0 saturated heterocycles. The second-order valence-electron chi connectivity index (χ2n) is 14.1. The van der Waals surface area contributed by atoms with Crippen molar-refractivity contribution in [3.8, 4) is 51.0 Å². The molecule has 0 unspecified atom stereocenters. The molecule has 1 aliphatic carbocycles. The summed E-state index contributed by atoms with van der Waals surface area (Å²) in [6.07, 6.45) is 0. The van der Waals surface area contributed by atoms with E-state index in [1.165, 1.54) is 27.6 Å². The lowest BCUT2D eigenvalue weighted by molar-refractivity contribution is 0.660. The van der Waals surface area contributed by atoms with E-state index in [0.717, 1.165) is 38.5 Å². The molecular formula is C48H32N4O. The Morgan fingerprint density at radius 1 is 0.528 bits per heavy atom. The third-order valence-electron chi connectivity index (χ3n) is 10.7. The van der Waals surface area contributed by atoms with Gasteiger partial charge < -0.3 is 8.98 Å². The molecule has 53 heavy (non-hydrogen) atoms. The normalized spacial score (nSPS) is 14.6. The molecule has 0 radical (unpaired) electrons. The van der Waals surface area contributed by atoms with Gasteiger partial charge in [0.1, 0.15) is 5.58 Å². The average molecular weight is 686 g/mol. The van der Waals surface area contributed by atoms with Crippen molar-refractivity contribution in [3.63, 3.8) is 0 Å². The Labute approximate surface area is 312 Å². The van der Waals surface area contributed by atoms with E-state index in [9.17, 15) is 0 Å². The van der Waals surface area contributed by atoms with Gasteiger partial charge in [0.15, 0.2) is 23.1 Å². The molecule has 7 aromatic carbocycles. The molecule has 0 atom stereocenters. The van der Waals surface area contributed by atoms with Crippen LogP contribution in [0.4, 0.5) is 0 Å². The molecule has 0 spiro atoms. The fraction of sp³-hybridized carbons (Fsp3) is 0.0625. The van der Waals surface area contributed by atoms with Crippen molar-refractivity contribution in [2.24, 2.45) is 0 Å². The molecule has 0 aliphatic heterocycles. The van der Waals surface area contributed by atoms with Gasteiger partial charge >= 0.3 is 0 Å². The first-order chi connectivity index (χ1) is 28.1. The topological polar surface area (TPSA) is 56.7 Å². The van der Waals surface area contributed by atoms with Gasteiger partial charge in [0, 0.05) is 43.7 Å². The largest absolute Gasteiger partial charge is 0.454 e.